The third-order valence-electron chi connectivity index (χ3n) is 2.99. The topological polar surface area (TPSA) is 40.5 Å². The van der Waals surface area contributed by atoms with Crippen molar-refractivity contribution in [1.29, 1.82) is 0 Å². The lowest BCUT2D eigenvalue weighted by Crippen LogP contribution is -2.39. The molecule has 6 heteroatoms. The van der Waals surface area contributed by atoms with Crippen LogP contribution in [0.5, 0.6) is 0 Å². The predicted molar refractivity (Wildman–Crippen MR) is 104 cm³/mol. The average molecular weight is 422 g/mol. The highest BCUT2D eigenvalue weighted by Gasteiger charge is 2.04. The smallest absolute Gasteiger partial charge is 0.193 e. The molecule has 120 valence electrons. The number of hydrogen-bond donors (Lipinski definition) is 1. The second kappa shape index (κ2) is 12.0. The minimum atomic E-state index is 0. The van der Waals surface area contributed by atoms with Crippen molar-refractivity contribution in [3.8, 4) is 0 Å². The van der Waals surface area contributed by atoms with Gasteiger partial charge in [0.25, 0.3) is 0 Å². The van der Waals surface area contributed by atoms with E-state index in [-0.39, 0.29) is 24.0 Å². The summed E-state index contributed by atoms with van der Waals surface area (Å²) < 4.78 is 0. The Morgan fingerprint density at radius 1 is 1.52 bits per heavy atom. The summed E-state index contributed by atoms with van der Waals surface area (Å²) in [5, 5.41) is 6.73. The molecule has 0 aliphatic rings. The first-order valence-electron chi connectivity index (χ1n) is 7.11. The molecule has 0 amide bonds. The summed E-state index contributed by atoms with van der Waals surface area (Å²) in [7, 11) is 3.90. The van der Waals surface area contributed by atoms with Crippen molar-refractivity contribution in [2.24, 2.45) is 4.99 Å². The van der Waals surface area contributed by atoms with Crippen molar-refractivity contribution in [2.45, 2.75) is 32.6 Å². The number of hydrogen-bond acceptors (Lipinski definition) is 3. The predicted octanol–water partition coefficient (Wildman–Crippen LogP) is 3.48. The number of nitrogens with zero attached hydrogens (tertiary/aromatic N) is 3. The fraction of sp³-hybridized carbons (Fsp3) is 0.600. The highest BCUT2D eigenvalue weighted by atomic mass is 127. The summed E-state index contributed by atoms with van der Waals surface area (Å²) in [6.07, 6.45) is 6.22. The SMILES string of the molecule is C=CCCCN(C)C(=NC)NCCCc1nc(C)cs1.I. The molecule has 4 nitrogen and oxygen atoms in total. The van der Waals surface area contributed by atoms with Gasteiger partial charge in [0.1, 0.15) is 0 Å². The molecular formula is C15H27IN4S. The van der Waals surface area contributed by atoms with Gasteiger partial charge in [-0.3, -0.25) is 4.99 Å². The van der Waals surface area contributed by atoms with E-state index in [4.69, 9.17) is 0 Å². The molecular weight excluding hydrogens is 395 g/mol. The van der Waals surface area contributed by atoms with E-state index in [1.54, 1.807) is 11.3 Å². The van der Waals surface area contributed by atoms with Crippen LogP contribution in [0.1, 0.15) is 30.0 Å². The lowest BCUT2D eigenvalue weighted by Gasteiger charge is -2.21. The Morgan fingerprint density at radius 3 is 2.86 bits per heavy atom. The van der Waals surface area contributed by atoms with Crippen molar-refractivity contribution in [3.63, 3.8) is 0 Å². The first-order chi connectivity index (χ1) is 9.67. The Morgan fingerprint density at radius 2 is 2.29 bits per heavy atom. The minimum absolute atomic E-state index is 0. The van der Waals surface area contributed by atoms with Gasteiger partial charge in [0.2, 0.25) is 0 Å². The van der Waals surface area contributed by atoms with E-state index in [2.05, 4.69) is 39.2 Å². The molecule has 21 heavy (non-hydrogen) atoms. The van der Waals surface area contributed by atoms with Gasteiger partial charge >= 0.3 is 0 Å². The zero-order chi connectivity index (χ0) is 14.8. The Labute approximate surface area is 149 Å². The van der Waals surface area contributed by atoms with Crippen molar-refractivity contribution >= 4 is 41.3 Å². The molecule has 0 bridgehead atoms. The van der Waals surface area contributed by atoms with Crippen molar-refractivity contribution in [1.82, 2.24) is 15.2 Å². The molecule has 0 spiro atoms. The van der Waals surface area contributed by atoms with E-state index >= 15 is 0 Å². The standard InChI is InChI=1S/C15H26N4S.HI/c1-5-6-7-11-19(4)15(16-3)17-10-8-9-14-18-13(2)12-20-14;/h5,12H,1,6-11H2,2-4H3,(H,16,17);1H. The van der Waals surface area contributed by atoms with Crippen LogP contribution in [0.25, 0.3) is 0 Å². The zero-order valence-corrected chi connectivity index (χ0v) is 16.4. The minimum Gasteiger partial charge on any atom is -0.356 e. The van der Waals surface area contributed by atoms with Gasteiger partial charge in [-0.05, 0) is 26.2 Å². The Balaban J connectivity index is 0.00000400. The van der Waals surface area contributed by atoms with Crippen LogP contribution in [0.2, 0.25) is 0 Å². The van der Waals surface area contributed by atoms with Crippen LogP contribution >= 0.6 is 35.3 Å². The molecule has 0 radical (unpaired) electrons. The maximum absolute atomic E-state index is 4.47. The number of aliphatic imine (C=N–C) groups is 1. The maximum atomic E-state index is 4.47. The van der Waals surface area contributed by atoms with Crippen LogP contribution in [0.3, 0.4) is 0 Å². The van der Waals surface area contributed by atoms with Gasteiger partial charge in [0.15, 0.2) is 5.96 Å². The number of rotatable bonds is 8. The van der Waals surface area contributed by atoms with E-state index in [0.717, 1.165) is 50.4 Å². The molecule has 1 aromatic heterocycles. The maximum Gasteiger partial charge on any atom is 0.193 e. The summed E-state index contributed by atoms with van der Waals surface area (Å²) in [6.45, 7) is 7.71. The third-order valence-corrected chi connectivity index (χ3v) is 4.02. The van der Waals surface area contributed by atoms with Crippen LogP contribution < -0.4 is 5.32 Å². The second-order valence-electron chi connectivity index (χ2n) is 4.81. The quantitative estimate of drug-likeness (QED) is 0.229. The number of aryl methyl sites for hydroxylation is 2. The summed E-state index contributed by atoms with van der Waals surface area (Å²) in [4.78, 5) is 10.9. The molecule has 0 fully saturated rings. The molecule has 0 aromatic carbocycles. The number of aromatic nitrogens is 1. The van der Waals surface area contributed by atoms with Gasteiger partial charge in [0.05, 0.1) is 5.01 Å². The third kappa shape index (κ3) is 8.40. The molecule has 1 rings (SSSR count). The highest BCUT2D eigenvalue weighted by Crippen LogP contribution is 2.10. The zero-order valence-electron chi connectivity index (χ0n) is 13.3. The molecule has 0 unspecified atom stereocenters. The van der Waals surface area contributed by atoms with E-state index in [1.807, 2.05) is 20.0 Å². The first kappa shape index (κ1) is 20.4. The molecule has 0 atom stereocenters. The van der Waals surface area contributed by atoms with Crippen molar-refractivity contribution in [2.75, 3.05) is 27.2 Å². The van der Waals surface area contributed by atoms with Crippen LogP contribution in [-0.2, 0) is 6.42 Å². The summed E-state index contributed by atoms with van der Waals surface area (Å²) in [6, 6.07) is 0. The normalized spacial score (nSPS) is 10.9. The number of allylic oxidation sites excluding steroid dienone is 1. The molecule has 0 aliphatic carbocycles. The van der Waals surface area contributed by atoms with Crippen LogP contribution in [-0.4, -0.2) is 43.0 Å². The summed E-state index contributed by atoms with van der Waals surface area (Å²) >= 11 is 1.75. The molecule has 0 saturated heterocycles. The molecule has 1 heterocycles. The van der Waals surface area contributed by atoms with E-state index < -0.39 is 0 Å². The van der Waals surface area contributed by atoms with Gasteiger partial charge in [-0.1, -0.05) is 6.08 Å². The fourth-order valence-electron chi connectivity index (χ4n) is 1.92. The lowest BCUT2D eigenvalue weighted by atomic mass is 10.3. The molecule has 0 aliphatic heterocycles. The second-order valence-corrected chi connectivity index (χ2v) is 5.76. The largest absolute Gasteiger partial charge is 0.356 e. The van der Waals surface area contributed by atoms with Crippen LogP contribution in [0.15, 0.2) is 23.0 Å². The van der Waals surface area contributed by atoms with Crippen LogP contribution in [0, 0.1) is 6.92 Å². The van der Waals surface area contributed by atoms with Crippen molar-refractivity contribution < 1.29 is 0 Å². The first-order valence-corrected chi connectivity index (χ1v) is 7.99. The molecule has 1 aromatic rings. The number of thiazole rings is 1. The van der Waals surface area contributed by atoms with Gasteiger partial charge < -0.3 is 10.2 Å². The van der Waals surface area contributed by atoms with Crippen molar-refractivity contribution in [3.05, 3.63) is 28.7 Å². The summed E-state index contributed by atoms with van der Waals surface area (Å²) in [5.41, 5.74) is 1.12. The van der Waals surface area contributed by atoms with Gasteiger partial charge in [-0.2, -0.15) is 0 Å². The van der Waals surface area contributed by atoms with E-state index in [9.17, 15) is 0 Å². The number of halogens is 1. The Bertz CT molecular complexity index is 431. The average Bonchev–Trinajstić information content (AvgIpc) is 2.84. The molecule has 0 saturated carbocycles. The van der Waals surface area contributed by atoms with Gasteiger partial charge in [0, 0.05) is 44.7 Å². The van der Waals surface area contributed by atoms with Gasteiger partial charge in [-0.15, -0.1) is 41.9 Å². The van der Waals surface area contributed by atoms with Crippen LogP contribution in [0.4, 0.5) is 0 Å². The number of nitrogens with one attached hydrogen (secondary N) is 1. The number of guanidine groups is 1. The highest BCUT2D eigenvalue weighted by molar-refractivity contribution is 14.0. The lowest BCUT2D eigenvalue weighted by molar-refractivity contribution is 0.469. The van der Waals surface area contributed by atoms with E-state index in [1.165, 1.54) is 5.01 Å². The summed E-state index contributed by atoms with van der Waals surface area (Å²) in [5.74, 6) is 0.962. The number of unbranched alkanes of at least 4 members (excludes halogenated alkanes) is 1. The Kier molecular flexibility index (Phi) is 11.6. The Hall–Kier alpha value is -0.630. The molecule has 1 N–H and O–H groups in total. The van der Waals surface area contributed by atoms with Gasteiger partial charge in [-0.25, -0.2) is 4.98 Å². The fourth-order valence-corrected chi connectivity index (χ4v) is 2.74. The van der Waals surface area contributed by atoms with E-state index in [0.29, 0.717) is 0 Å². The monoisotopic (exact) mass is 422 g/mol.